The first-order valence-corrected chi connectivity index (χ1v) is 6.45. The fraction of sp³-hybridized carbons (Fsp3) is 0.917. The van der Waals surface area contributed by atoms with Gasteiger partial charge in [0, 0.05) is 26.1 Å². The van der Waals surface area contributed by atoms with E-state index in [0.29, 0.717) is 13.2 Å². The normalized spacial score (nSPS) is 26.4. The molecule has 6 heteroatoms. The molecular formula is C12H23NO5. The Kier molecular flexibility index (Phi) is 6.56. The van der Waals surface area contributed by atoms with Crippen molar-refractivity contribution in [3.8, 4) is 0 Å². The van der Waals surface area contributed by atoms with Crippen molar-refractivity contribution in [1.82, 2.24) is 4.90 Å². The van der Waals surface area contributed by atoms with Gasteiger partial charge in [-0.15, -0.1) is 0 Å². The Morgan fingerprint density at radius 2 is 2.28 bits per heavy atom. The molecule has 6 nitrogen and oxygen atoms in total. The number of rotatable bonds is 8. The van der Waals surface area contributed by atoms with Crippen LogP contribution >= 0.6 is 0 Å². The van der Waals surface area contributed by atoms with Gasteiger partial charge in [0.15, 0.2) is 0 Å². The summed E-state index contributed by atoms with van der Waals surface area (Å²) in [5.74, 6) is -0.953. The van der Waals surface area contributed by atoms with Gasteiger partial charge in [-0.1, -0.05) is 13.3 Å². The number of aliphatic carboxylic acids is 1. The van der Waals surface area contributed by atoms with Crippen molar-refractivity contribution in [2.45, 2.75) is 44.4 Å². The maximum atomic E-state index is 11.0. The zero-order valence-electron chi connectivity index (χ0n) is 10.8. The van der Waals surface area contributed by atoms with Gasteiger partial charge in [0.2, 0.25) is 0 Å². The highest BCUT2D eigenvalue weighted by Crippen LogP contribution is 2.18. The Hall–Kier alpha value is -0.690. The lowest BCUT2D eigenvalue weighted by Crippen LogP contribution is -2.42. The molecule has 0 saturated carbocycles. The largest absolute Gasteiger partial charge is 0.480 e. The summed E-state index contributed by atoms with van der Waals surface area (Å²) in [5, 5.41) is 28.2. The molecule has 1 aliphatic heterocycles. The van der Waals surface area contributed by atoms with Crippen LogP contribution in [0.2, 0.25) is 0 Å². The number of hydrogen-bond donors (Lipinski definition) is 3. The van der Waals surface area contributed by atoms with Gasteiger partial charge in [0.1, 0.15) is 6.04 Å². The van der Waals surface area contributed by atoms with Crippen LogP contribution in [0.25, 0.3) is 0 Å². The van der Waals surface area contributed by atoms with Crippen molar-refractivity contribution in [2.75, 3.05) is 26.3 Å². The predicted octanol–water partition coefficient (Wildman–Crippen LogP) is -0.316. The van der Waals surface area contributed by atoms with E-state index < -0.39 is 24.2 Å². The molecule has 0 amide bonds. The molecule has 0 aromatic heterocycles. The summed E-state index contributed by atoms with van der Waals surface area (Å²) in [6.45, 7) is 3.39. The lowest BCUT2D eigenvalue weighted by Gasteiger charge is -2.23. The number of aliphatic hydroxyl groups excluding tert-OH is 2. The molecule has 0 bridgehead atoms. The summed E-state index contributed by atoms with van der Waals surface area (Å²) < 4.78 is 5.28. The quantitative estimate of drug-likeness (QED) is 0.519. The highest BCUT2D eigenvalue weighted by atomic mass is 16.5. The van der Waals surface area contributed by atoms with Gasteiger partial charge in [0.05, 0.1) is 18.8 Å². The maximum Gasteiger partial charge on any atom is 0.321 e. The van der Waals surface area contributed by atoms with Crippen molar-refractivity contribution in [3.63, 3.8) is 0 Å². The minimum absolute atomic E-state index is 0.207. The molecule has 1 fully saturated rings. The number of carboxylic acids is 1. The standard InChI is InChI=1S/C12H23NO5/c1-2-3-4-18-8-10(15)7-13-6-9(14)5-11(13)12(16)17/h9-11,14-15H,2-8H2,1H3,(H,16,17). The van der Waals surface area contributed by atoms with Gasteiger partial charge in [0.25, 0.3) is 0 Å². The maximum absolute atomic E-state index is 11.0. The number of unbranched alkanes of at least 4 members (excludes halogenated alkanes) is 1. The third kappa shape index (κ3) is 4.89. The average Bonchev–Trinajstić information content (AvgIpc) is 2.66. The van der Waals surface area contributed by atoms with Crippen LogP contribution in [0.15, 0.2) is 0 Å². The first-order valence-electron chi connectivity index (χ1n) is 6.45. The number of likely N-dealkylation sites (tertiary alicyclic amines) is 1. The van der Waals surface area contributed by atoms with E-state index >= 15 is 0 Å². The smallest absolute Gasteiger partial charge is 0.321 e. The number of aliphatic hydroxyl groups is 2. The van der Waals surface area contributed by atoms with Gasteiger partial charge in [-0.25, -0.2) is 0 Å². The van der Waals surface area contributed by atoms with Crippen LogP contribution in [-0.2, 0) is 9.53 Å². The molecule has 0 aliphatic carbocycles. The number of ether oxygens (including phenoxy) is 1. The average molecular weight is 261 g/mol. The first kappa shape index (κ1) is 15.4. The number of β-amino-alcohol motifs (C(OH)–C–C–N with tert-alkyl or cyclic N) is 2. The number of nitrogens with zero attached hydrogens (tertiary/aromatic N) is 1. The van der Waals surface area contributed by atoms with Crippen LogP contribution in [0.4, 0.5) is 0 Å². The van der Waals surface area contributed by atoms with E-state index in [0.717, 1.165) is 12.8 Å². The van der Waals surface area contributed by atoms with E-state index in [2.05, 4.69) is 6.92 Å². The monoisotopic (exact) mass is 261 g/mol. The highest BCUT2D eigenvalue weighted by molar-refractivity contribution is 5.74. The van der Waals surface area contributed by atoms with Crippen molar-refractivity contribution in [1.29, 1.82) is 0 Å². The van der Waals surface area contributed by atoms with E-state index in [1.54, 1.807) is 4.90 Å². The van der Waals surface area contributed by atoms with Gasteiger partial charge < -0.3 is 20.1 Å². The Labute approximate surface area is 107 Å². The lowest BCUT2D eigenvalue weighted by atomic mass is 10.2. The number of hydrogen-bond acceptors (Lipinski definition) is 5. The first-order chi connectivity index (χ1) is 8.54. The van der Waals surface area contributed by atoms with Crippen LogP contribution in [0.3, 0.4) is 0 Å². The second-order valence-electron chi connectivity index (χ2n) is 4.78. The molecular weight excluding hydrogens is 238 g/mol. The summed E-state index contributed by atoms with van der Waals surface area (Å²) in [7, 11) is 0. The summed E-state index contributed by atoms with van der Waals surface area (Å²) in [6, 6.07) is -0.703. The van der Waals surface area contributed by atoms with Crippen molar-refractivity contribution in [2.24, 2.45) is 0 Å². The minimum atomic E-state index is -0.953. The lowest BCUT2D eigenvalue weighted by molar-refractivity contribution is -0.142. The van der Waals surface area contributed by atoms with Crippen LogP contribution in [-0.4, -0.2) is 70.7 Å². The van der Waals surface area contributed by atoms with E-state index in [9.17, 15) is 15.0 Å². The highest BCUT2D eigenvalue weighted by Gasteiger charge is 2.36. The molecule has 106 valence electrons. The van der Waals surface area contributed by atoms with E-state index in [1.165, 1.54) is 0 Å². The third-order valence-corrected chi connectivity index (χ3v) is 3.06. The summed E-state index contributed by atoms with van der Waals surface area (Å²) >= 11 is 0. The zero-order valence-corrected chi connectivity index (χ0v) is 10.8. The Bertz CT molecular complexity index is 261. The molecule has 1 rings (SSSR count). The van der Waals surface area contributed by atoms with Crippen LogP contribution in [0, 0.1) is 0 Å². The van der Waals surface area contributed by atoms with Gasteiger partial charge >= 0.3 is 5.97 Å². The number of carboxylic acid groups (broad SMARTS) is 1. The molecule has 3 unspecified atom stereocenters. The van der Waals surface area contributed by atoms with Crippen LogP contribution in [0.5, 0.6) is 0 Å². The molecule has 18 heavy (non-hydrogen) atoms. The van der Waals surface area contributed by atoms with Crippen molar-refractivity contribution in [3.05, 3.63) is 0 Å². The van der Waals surface area contributed by atoms with Gasteiger partial charge in [-0.3, -0.25) is 9.69 Å². The minimum Gasteiger partial charge on any atom is -0.480 e. The van der Waals surface area contributed by atoms with Crippen LogP contribution < -0.4 is 0 Å². The number of carbonyl (C=O) groups is 1. The molecule has 1 saturated heterocycles. The van der Waals surface area contributed by atoms with Crippen LogP contribution in [0.1, 0.15) is 26.2 Å². The van der Waals surface area contributed by atoms with E-state index in [-0.39, 0.29) is 19.6 Å². The zero-order chi connectivity index (χ0) is 13.5. The van der Waals surface area contributed by atoms with Gasteiger partial charge in [-0.2, -0.15) is 0 Å². The summed E-state index contributed by atoms with van der Waals surface area (Å²) in [5.41, 5.74) is 0. The predicted molar refractivity (Wildman–Crippen MR) is 65.4 cm³/mol. The molecule has 1 aliphatic rings. The molecule has 0 aromatic rings. The fourth-order valence-electron chi connectivity index (χ4n) is 2.13. The van der Waals surface area contributed by atoms with E-state index in [1.807, 2.05) is 0 Å². The topological polar surface area (TPSA) is 90.2 Å². The molecule has 3 N–H and O–H groups in total. The van der Waals surface area contributed by atoms with Crippen molar-refractivity contribution >= 4 is 5.97 Å². The molecule has 0 radical (unpaired) electrons. The molecule has 0 spiro atoms. The second kappa shape index (κ2) is 7.68. The Morgan fingerprint density at radius 1 is 1.56 bits per heavy atom. The molecule has 3 atom stereocenters. The Balaban J connectivity index is 2.29. The fourth-order valence-corrected chi connectivity index (χ4v) is 2.13. The van der Waals surface area contributed by atoms with Crippen molar-refractivity contribution < 1.29 is 24.9 Å². The van der Waals surface area contributed by atoms with E-state index in [4.69, 9.17) is 9.84 Å². The molecule has 0 aromatic carbocycles. The summed E-state index contributed by atoms with van der Waals surface area (Å²) in [6.07, 6.45) is 0.870. The third-order valence-electron chi connectivity index (χ3n) is 3.06. The second-order valence-corrected chi connectivity index (χ2v) is 4.78. The summed E-state index contributed by atoms with van der Waals surface area (Å²) in [4.78, 5) is 12.6. The molecule has 1 heterocycles. The Morgan fingerprint density at radius 3 is 2.89 bits per heavy atom. The van der Waals surface area contributed by atoms with Gasteiger partial charge in [-0.05, 0) is 6.42 Å². The SMILES string of the molecule is CCCCOCC(O)CN1CC(O)CC1C(=O)O.